The summed E-state index contributed by atoms with van der Waals surface area (Å²) in [6, 6.07) is 11.4. The summed E-state index contributed by atoms with van der Waals surface area (Å²) in [4.78, 5) is 22.4. The standard InChI is InChI=1S/C16H10F4O2/c17-13-7-5-11(6-8-13)10-1-3-12(4-2-10)14(21)9-15(22)16(18,19)20/h1-8H,9H2. The molecule has 0 spiro atoms. The van der Waals surface area contributed by atoms with E-state index in [1.165, 1.54) is 36.4 Å². The van der Waals surface area contributed by atoms with E-state index in [2.05, 4.69) is 0 Å². The van der Waals surface area contributed by atoms with Gasteiger partial charge >= 0.3 is 6.18 Å². The number of benzene rings is 2. The Morgan fingerprint density at radius 2 is 1.27 bits per heavy atom. The highest BCUT2D eigenvalue weighted by atomic mass is 19.4. The van der Waals surface area contributed by atoms with Gasteiger partial charge in [0.2, 0.25) is 5.78 Å². The number of carbonyl (C=O) groups excluding carboxylic acids is 2. The van der Waals surface area contributed by atoms with Crippen LogP contribution in [0.25, 0.3) is 11.1 Å². The van der Waals surface area contributed by atoms with Crippen molar-refractivity contribution in [2.24, 2.45) is 0 Å². The molecule has 0 saturated heterocycles. The Hall–Kier alpha value is -2.50. The maximum Gasteiger partial charge on any atom is 0.450 e. The van der Waals surface area contributed by atoms with Gasteiger partial charge in [-0.15, -0.1) is 0 Å². The van der Waals surface area contributed by atoms with Crippen LogP contribution in [0, 0.1) is 5.82 Å². The minimum atomic E-state index is -5.01. The second kappa shape index (κ2) is 6.09. The molecule has 6 heteroatoms. The molecule has 0 amide bonds. The zero-order chi connectivity index (χ0) is 16.3. The Morgan fingerprint density at radius 3 is 1.73 bits per heavy atom. The van der Waals surface area contributed by atoms with Crippen LogP contribution in [0.2, 0.25) is 0 Å². The van der Waals surface area contributed by atoms with E-state index >= 15 is 0 Å². The van der Waals surface area contributed by atoms with Gasteiger partial charge in [-0.1, -0.05) is 36.4 Å². The first-order valence-corrected chi connectivity index (χ1v) is 6.26. The molecular weight excluding hydrogens is 300 g/mol. The Bertz CT molecular complexity index is 686. The predicted octanol–water partition coefficient (Wildman–Crippen LogP) is 4.20. The van der Waals surface area contributed by atoms with Crippen LogP contribution in [0.3, 0.4) is 0 Å². The third-order valence-corrected chi connectivity index (χ3v) is 3.02. The van der Waals surface area contributed by atoms with Gasteiger partial charge < -0.3 is 0 Å². The van der Waals surface area contributed by atoms with Crippen LogP contribution in [0.5, 0.6) is 0 Å². The smallest absolute Gasteiger partial charge is 0.294 e. The summed E-state index contributed by atoms with van der Waals surface area (Å²) in [7, 11) is 0. The van der Waals surface area contributed by atoms with E-state index in [0.29, 0.717) is 11.1 Å². The summed E-state index contributed by atoms with van der Waals surface area (Å²) in [5.41, 5.74) is 1.40. The molecular formula is C16H10F4O2. The van der Waals surface area contributed by atoms with E-state index in [1.807, 2.05) is 0 Å². The van der Waals surface area contributed by atoms with E-state index in [-0.39, 0.29) is 11.4 Å². The van der Waals surface area contributed by atoms with Crippen molar-refractivity contribution in [2.45, 2.75) is 12.6 Å². The highest BCUT2D eigenvalue weighted by Crippen LogP contribution is 2.22. The Balaban J connectivity index is 2.13. The first-order valence-electron chi connectivity index (χ1n) is 6.26. The average molecular weight is 310 g/mol. The molecule has 0 unspecified atom stereocenters. The molecule has 2 rings (SSSR count). The first-order chi connectivity index (χ1) is 10.3. The van der Waals surface area contributed by atoms with Crippen LogP contribution in [0.4, 0.5) is 17.6 Å². The van der Waals surface area contributed by atoms with Gasteiger partial charge in [-0.05, 0) is 23.3 Å². The highest BCUT2D eigenvalue weighted by Gasteiger charge is 2.39. The molecule has 0 aromatic heterocycles. The van der Waals surface area contributed by atoms with Gasteiger partial charge in [-0.2, -0.15) is 13.2 Å². The van der Waals surface area contributed by atoms with Crippen LogP contribution >= 0.6 is 0 Å². The number of halogens is 4. The molecule has 0 aliphatic carbocycles. The van der Waals surface area contributed by atoms with Gasteiger partial charge in [0.05, 0.1) is 6.42 Å². The van der Waals surface area contributed by atoms with Crippen molar-refractivity contribution < 1.29 is 27.2 Å². The molecule has 2 aromatic rings. The SMILES string of the molecule is O=C(CC(=O)C(F)(F)F)c1ccc(-c2ccc(F)cc2)cc1. The average Bonchev–Trinajstić information content (AvgIpc) is 2.47. The Kier molecular flexibility index (Phi) is 4.40. The largest absolute Gasteiger partial charge is 0.450 e. The van der Waals surface area contributed by atoms with Crippen LogP contribution in [-0.2, 0) is 4.79 Å². The van der Waals surface area contributed by atoms with E-state index in [0.717, 1.165) is 0 Å². The maximum absolute atomic E-state index is 12.8. The van der Waals surface area contributed by atoms with E-state index in [9.17, 15) is 27.2 Å². The molecule has 0 aliphatic heterocycles. The number of alkyl halides is 3. The zero-order valence-electron chi connectivity index (χ0n) is 11.2. The van der Waals surface area contributed by atoms with Gasteiger partial charge in [0.1, 0.15) is 5.82 Å². The minimum absolute atomic E-state index is 0.0171. The predicted molar refractivity (Wildman–Crippen MR) is 71.8 cm³/mol. The molecule has 0 heterocycles. The maximum atomic E-state index is 12.8. The fourth-order valence-electron chi connectivity index (χ4n) is 1.84. The lowest BCUT2D eigenvalue weighted by atomic mass is 10.0. The quantitative estimate of drug-likeness (QED) is 0.482. The van der Waals surface area contributed by atoms with Gasteiger partial charge in [0, 0.05) is 5.56 Å². The van der Waals surface area contributed by atoms with Crippen molar-refractivity contribution >= 4 is 11.6 Å². The number of carbonyl (C=O) groups is 2. The molecule has 0 radical (unpaired) electrons. The summed E-state index contributed by atoms with van der Waals surface area (Å²) in [6.45, 7) is 0. The molecule has 0 saturated carbocycles. The second-order valence-electron chi connectivity index (χ2n) is 4.61. The molecule has 114 valence electrons. The van der Waals surface area contributed by atoms with Gasteiger partial charge in [0.15, 0.2) is 5.78 Å². The van der Waals surface area contributed by atoms with Gasteiger partial charge in [-0.25, -0.2) is 4.39 Å². The Morgan fingerprint density at radius 1 is 0.818 bits per heavy atom. The molecule has 0 atom stereocenters. The van der Waals surface area contributed by atoms with Crippen molar-refractivity contribution in [3.8, 4) is 11.1 Å². The first kappa shape index (κ1) is 15.9. The number of ketones is 2. The summed E-state index contributed by atoms with van der Waals surface area (Å²) in [5, 5.41) is 0. The van der Waals surface area contributed by atoms with Gasteiger partial charge in [0.25, 0.3) is 0 Å². The zero-order valence-corrected chi connectivity index (χ0v) is 11.2. The van der Waals surface area contributed by atoms with E-state index in [1.54, 1.807) is 12.1 Å². The molecule has 22 heavy (non-hydrogen) atoms. The lowest BCUT2D eigenvalue weighted by molar-refractivity contribution is -0.170. The normalized spacial score (nSPS) is 11.3. The van der Waals surface area contributed by atoms with Crippen molar-refractivity contribution in [3.05, 3.63) is 59.9 Å². The fraction of sp³-hybridized carbons (Fsp3) is 0.125. The summed E-state index contributed by atoms with van der Waals surface area (Å²) < 4.78 is 49.2. The third kappa shape index (κ3) is 3.78. The summed E-state index contributed by atoms with van der Waals surface area (Å²) in [6.07, 6.45) is -6.22. The molecule has 2 aromatic carbocycles. The van der Waals surface area contributed by atoms with Crippen LogP contribution < -0.4 is 0 Å². The van der Waals surface area contributed by atoms with Crippen molar-refractivity contribution in [1.82, 2.24) is 0 Å². The number of hydrogen-bond acceptors (Lipinski definition) is 2. The number of hydrogen-bond donors (Lipinski definition) is 0. The fourth-order valence-corrected chi connectivity index (χ4v) is 1.84. The van der Waals surface area contributed by atoms with Crippen molar-refractivity contribution in [3.63, 3.8) is 0 Å². The van der Waals surface area contributed by atoms with E-state index in [4.69, 9.17) is 0 Å². The molecule has 0 fully saturated rings. The summed E-state index contributed by atoms with van der Waals surface area (Å²) >= 11 is 0. The lowest BCUT2D eigenvalue weighted by Crippen LogP contribution is -2.25. The molecule has 0 aliphatic rings. The molecule has 0 bridgehead atoms. The summed E-state index contributed by atoms with van der Waals surface area (Å²) in [5.74, 6) is -3.35. The number of Topliss-reactive ketones (excluding diaryl/α,β-unsaturated/α-hetero) is 2. The lowest BCUT2D eigenvalue weighted by Gasteiger charge is -2.06. The van der Waals surface area contributed by atoms with Crippen LogP contribution in [0.1, 0.15) is 16.8 Å². The second-order valence-corrected chi connectivity index (χ2v) is 4.61. The Labute approximate surface area is 123 Å². The van der Waals surface area contributed by atoms with Crippen molar-refractivity contribution in [1.29, 1.82) is 0 Å². The molecule has 2 nitrogen and oxygen atoms in total. The number of rotatable bonds is 4. The topological polar surface area (TPSA) is 34.1 Å². The van der Waals surface area contributed by atoms with Crippen LogP contribution in [0.15, 0.2) is 48.5 Å². The van der Waals surface area contributed by atoms with Crippen LogP contribution in [-0.4, -0.2) is 17.7 Å². The molecule has 0 N–H and O–H groups in total. The van der Waals surface area contributed by atoms with Crippen molar-refractivity contribution in [2.75, 3.05) is 0 Å². The minimum Gasteiger partial charge on any atom is -0.294 e. The van der Waals surface area contributed by atoms with Gasteiger partial charge in [-0.3, -0.25) is 9.59 Å². The monoisotopic (exact) mass is 310 g/mol. The third-order valence-electron chi connectivity index (χ3n) is 3.02. The van der Waals surface area contributed by atoms with E-state index < -0.39 is 24.2 Å². The highest BCUT2D eigenvalue weighted by molar-refractivity contribution is 6.09.